The molecular weight excluding hydrogens is 404 g/mol. The van der Waals surface area contributed by atoms with E-state index in [-0.39, 0.29) is 0 Å². The summed E-state index contributed by atoms with van der Waals surface area (Å²) in [6.45, 7) is 4.54. The number of aromatic nitrogens is 5. The summed E-state index contributed by atoms with van der Waals surface area (Å²) < 4.78 is 3.76. The van der Waals surface area contributed by atoms with Gasteiger partial charge >= 0.3 is 0 Å². The molecule has 0 saturated heterocycles. The Hall–Kier alpha value is -3.03. The van der Waals surface area contributed by atoms with E-state index in [0.29, 0.717) is 22.3 Å². The third-order valence-corrected chi connectivity index (χ3v) is 5.21. The van der Waals surface area contributed by atoms with Gasteiger partial charge in [0.15, 0.2) is 5.82 Å². The second-order valence-corrected chi connectivity index (χ2v) is 7.45. The van der Waals surface area contributed by atoms with E-state index in [0.717, 1.165) is 22.4 Å². The van der Waals surface area contributed by atoms with Crippen molar-refractivity contribution in [3.05, 3.63) is 86.9 Å². The maximum absolute atomic E-state index is 6.58. The molecular formula is C21H19ClN6S. The predicted octanol–water partition coefficient (Wildman–Crippen LogP) is 5.00. The molecule has 0 aliphatic rings. The topological polar surface area (TPSA) is 63.8 Å². The highest BCUT2D eigenvalue weighted by Crippen LogP contribution is 2.21. The minimum absolute atomic E-state index is 0.405. The van der Waals surface area contributed by atoms with E-state index in [2.05, 4.69) is 20.4 Å². The van der Waals surface area contributed by atoms with E-state index >= 15 is 0 Å². The maximum atomic E-state index is 6.58. The van der Waals surface area contributed by atoms with Crippen LogP contribution in [0.5, 0.6) is 0 Å². The van der Waals surface area contributed by atoms with Gasteiger partial charge in [-0.2, -0.15) is 20.0 Å². The van der Waals surface area contributed by atoms with Crippen LogP contribution < -0.4 is 0 Å². The average Bonchev–Trinajstić information content (AvgIpc) is 3.21. The molecule has 6 nitrogen and oxygen atoms in total. The van der Waals surface area contributed by atoms with Gasteiger partial charge in [-0.3, -0.25) is 0 Å². The van der Waals surface area contributed by atoms with Gasteiger partial charge in [0.1, 0.15) is 5.15 Å². The van der Waals surface area contributed by atoms with Gasteiger partial charge in [0.2, 0.25) is 4.77 Å². The molecule has 0 aliphatic carbocycles. The van der Waals surface area contributed by atoms with Gasteiger partial charge < -0.3 is 0 Å². The Kier molecular flexibility index (Phi) is 5.42. The molecule has 0 bridgehead atoms. The molecule has 0 amide bonds. The highest BCUT2D eigenvalue weighted by molar-refractivity contribution is 7.71. The lowest BCUT2D eigenvalue weighted by Crippen LogP contribution is -2.02. The van der Waals surface area contributed by atoms with Crippen molar-refractivity contribution in [1.82, 2.24) is 24.7 Å². The van der Waals surface area contributed by atoms with E-state index in [1.54, 1.807) is 15.6 Å². The van der Waals surface area contributed by atoms with Crippen molar-refractivity contribution >= 4 is 30.0 Å². The number of nitrogens with zero attached hydrogens (tertiary/aromatic N) is 5. The molecule has 0 spiro atoms. The number of hydrogen-bond acceptors (Lipinski definition) is 4. The van der Waals surface area contributed by atoms with Crippen molar-refractivity contribution in [2.24, 2.45) is 5.10 Å². The normalized spacial score (nSPS) is 11.4. The van der Waals surface area contributed by atoms with Crippen LogP contribution in [-0.2, 0) is 6.54 Å². The highest BCUT2D eigenvalue weighted by atomic mass is 35.5. The second-order valence-electron chi connectivity index (χ2n) is 6.71. The molecule has 0 unspecified atom stereocenters. The second kappa shape index (κ2) is 8.14. The number of rotatable bonds is 5. The number of halogens is 1. The zero-order chi connectivity index (χ0) is 20.4. The zero-order valence-corrected chi connectivity index (χ0v) is 17.6. The number of hydrogen-bond donors (Lipinski definition) is 1. The summed E-state index contributed by atoms with van der Waals surface area (Å²) in [4.78, 5) is 0. The minimum atomic E-state index is 0.405. The molecule has 29 heavy (non-hydrogen) atoms. The molecule has 0 fully saturated rings. The van der Waals surface area contributed by atoms with E-state index < -0.39 is 0 Å². The Morgan fingerprint density at radius 2 is 1.83 bits per heavy atom. The number of aromatic amines is 1. The average molecular weight is 423 g/mol. The van der Waals surface area contributed by atoms with Crippen LogP contribution in [0.2, 0.25) is 5.15 Å². The maximum Gasteiger partial charge on any atom is 0.216 e. The van der Waals surface area contributed by atoms with Crippen LogP contribution in [0.1, 0.15) is 22.4 Å². The molecule has 0 aliphatic heterocycles. The van der Waals surface area contributed by atoms with Gasteiger partial charge in [0.25, 0.3) is 0 Å². The molecule has 2 aromatic heterocycles. The van der Waals surface area contributed by atoms with Gasteiger partial charge in [-0.05, 0) is 31.6 Å². The Morgan fingerprint density at radius 1 is 1.10 bits per heavy atom. The molecule has 0 radical (unpaired) electrons. The Balaban J connectivity index is 1.66. The molecule has 4 aromatic rings. The van der Waals surface area contributed by atoms with Crippen molar-refractivity contribution in [3.63, 3.8) is 0 Å². The first-order chi connectivity index (χ1) is 14.0. The Bertz CT molecular complexity index is 1220. The molecule has 2 heterocycles. The number of benzene rings is 2. The van der Waals surface area contributed by atoms with Gasteiger partial charge in [0.05, 0.1) is 24.0 Å². The highest BCUT2D eigenvalue weighted by Gasteiger charge is 2.13. The third kappa shape index (κ3) is 4.06. The van der Waals surface area contributed by atoms with Crippen LogP contribution >= 0.6 is 23.8 Å². The van der Waals surface area contributed by atoms with Gasteiger partial charge in [-0.1, -0.05) is 71.8 Å². The summed E-state index contributed by atoms with van der Waals surface area (Å²) in [6.07, 6.45) is 1.68. The Morgan fingerprint density at radius 3 is 2.55 bits per heavy atom. The van der Waals surface area contributed by atoms with Crippen LogP contribution in [-0.4, -0.2) is 30.9 Å². The van der Waals surface area contributed by atoms with Crippen LogP contribution in [0.4, 0.5) is 0 Å². The largest absolute Gasteiger partial charge is 0.250 e. The number of H-pyrrole nitrogens is 1. The summed E-state index contributed by atoms with van der Waals surface area (Å²) in [5.74, 6) is 0.636. The van der Waals surface area contributed by atoms with E-state index in [1.165, 1.54) is 5.56 Å². The fraction of sp³-hybridized carbons (Fsp3) is 0.143. The van der Waals surface area contributed by atoms with E-state index in [9.17, 15) is 0 Å². The van der Waals surface area contributed by atoms with Crippen molar-refractivity contribution in [3.8, 4) is 11.4 Å². The minimum Gasteiger partial charge on any atom is -0.250 e. The fourth-order valence-corrected chi connectivity index (χ4v) is 3.44. The summed E-state index contributed by atoms with van der Waals surface area (Å²) in [5.41, 5.74) is 4.76. The molecule has 2 aromatic carbocycles. The predicted molar refractivity (Wildman–Crippen MR) is 118 cm³/mol. The first-order valence-corrected chi connectivity index (χ1v) is 9.87. The molecule has 1 N–H and O–H groups in total. The van der Waals surface area contributed by atoms with E-state index in [4.69, 9.17) is 23.8 Å². The van der Waals surface area contributed by atoms with Crippen LogP contribution in [0.25, 0.3) is 11.4 Å². The first-order valence-electron chi connectivity index (χ1n) is 9.08. The fourth-order valence-electron chi connectivity index (χ4n) is 2.98. The Labute approximate surface area is 178 Å². The summed E-state index contributed by atoms with van der Waals surface area (Å²) in [7, 11) is 0. The SMILES string of the molecule is Cc1ccc(-c2n[nH]c(=S)n2N=Cc2c(C)nn(Cc3ccccc3)c2Cl)cc1. The van der Waals surface area contributed by atoms with E-state index in [1.807, 2.05) is 68.4 Å². The van der Waals surface area contributed by atoms with Crippen molar-refractivity contribution in [2.45, 2.75) is 20.4 Å². The molecule has 0 saturated carbocycles. The van der Waals surface area contributed by atoms with Gasteiger partial charge in [-0.25, -0.2) is 9.78 Å². The summed E-state index contributed by atoms with van der Waals surface area (Å²) >= 11 is 11.9. The molecule has 0 atom stereocenters. The third-order valence-electron chi connectivity index (χ3n) is 4.55. The number of nitrogens with one attached hydrogen (secondary N) is 1. The molecule has 8 heteroatoms. The zero-order valence-electron chi connectivity index (χ0n) is 16.0. The van der Waals surface area contributed by atoms with Crippen LogP contribution in [0, 0.1) is 18.6 Å². The van der Waals surface area contributed by atoms with Crippen molar-refractivity contribution in [1.29, 1.82) is 0 Å². The lowest BCUT2D eigenvalue weighted by Gasteiger charge is -2.03. The lowest BCUT2D eigenvalue weighted by molar-refractivity contribution is 0.680. The lowest BCUT2D eigenvalue weighted by atomic mass is 10.1. The molecule has 4 rings (SSSR count). The van der Waals surface area contributed by atoms with Gasteiger partial charge in [-0.15, -0.1) is 0 Å². The quantitative estimate of drug-likeness (QED) is 0.363. The monoisotopic (exact) mass is 422 g/mol. The summed E-state index contributed by atoms with van der Waals surface area (Å²) in [6, 6.07) is 18.1. The van der Waals surface area contributed by atoms with Crippen LogP contribution in [0.3, 0.4) is 0 Å². The summed E-state index contributed by atoms with van der Waals surface area (Å²) in [5, 5.41) is 16.7. The van der Waals surface area contributed by atoms with Crippen molar-refractivity contribution < 1.29 is 0 Å². The molecule has 146 valence electrons. The standard InChI is InChI=1S/C21H19ClN6S/c1-14-8-10-17(11-9-14)20-24-25-21(29)28(20)23-12-18-15(2)26-27(19(18)22)13-16-6-4-3-5-7-16/h3-12H,13H2,1-2H3,(H,25,29). The number of aryl methyl sites for hydroxylation is 2. The smallest absolute Gasteiger partial charge is 0.216 e. The van der Waals surface area contributed by atoms with Crippen LogP contribution in [0.15, 0.2) is 59.7 Å². The first kappa shape index (κ1) is 19.3. The van der Waals surface area contributed by atoms with Crippen molar-refractivity contribution in [2.75, 3.05) is 0 Å². The van der Waals surface area contributed by atoms with Gasteiger partial charge in [0, 0.05) is 5.56 Å².